The van der Waals surface area contributed by atoms with Crippen LogP contribution in [-0.2, 0) is 14.3 Å². The van der Waals surface area contributed by atoms with Crippen molar-refractivity contribution in [1.82, 2.24) is 0 Å². The normalized spacial score (nSPS) is 12.2. The minimum Gasteiger partial charge on any atom is -0.495 e. The molecular weight excluding hydrogens is 398 g/mol. The van der Waals surface area contributed by atoms with Gasteiger partial charge in [0.05, 0.1) is 18.4 Å². The highest BCUT2D eigenvalue weighted by Crippen LogP contribution is 2.26. The van der Waals surface area contributed by atoms with Gasteiger partial charge in [-0.3, -0.25) is 4.79 Å². The number of hydrogen-bond acceptors (Lipinski definition) is 5. The number of methoxy groups -OCH3 is 1. The fraction of sp³-hybridized carbons (Fsp3) is 0.167. The van der Waals surface area contributed by atoms with E-state index in [-0.39, 0.29) is 0 Å². The zero-order chi connectivity index (χ0) is 21.5. The summed E-state index contributed by atoms with van der Waals surface area (Å²) < 4.78 is 10.7. The smallest absolute Gasteiger partial charge is 0.340 e. The number of ether oxygens (including phenoxy) is 2. The summed E-state index contributed by atoms with van der Waals surface area (Å²) >= 11 is 1.44. The summed E-state index contributed by atoms with van der Waals surface area (Å²) in [5.74, 6) is -0.460. The van der Waals surface area contributed by atoms with Gasteiger partial charge >= 0.3 is 5.97 Å². The lowest BCUT2D eigenvalue weighted by Gasteiger charge is -2.16. The lowest BCUT2D eigenvalue weighted by molar-refractivity contribution is -0.147. The maximum atomic E-state index is 12.9. The number of benzene rings is 2. The van der Waals surface area contributed by atoms with E-state index in [9.17, 15) is 9.59 Å². The zero-order valence-electron chi connectivity index (χ0n) is 17.0. The molecule has 2 aromatic carbocycles. The molecule has 0 unspecified atom stereocenters. The van der Waals surface area contributed by atoms with Crippen LogP contribution in [0.15, 0.2) is 66.0 Å². The van der Waals surface area contributed by atoms with Crippen LogP contribution in [0.5, 0.6) is 5.75 Å². The number of thiophene rings is 1. The maximum absolute atomic E-state index is 12.9. The Balaban J connectivity index is 1.77. The number of carbonyl (C=O) groups excluding carboxylic acids is 2. The number of para-hydroxylation sites is 2. The number of amides is 1. The molecule has 0 radical (unpaired) electrons. The maximum Gasteiger partial charge on any atom is 0.340 e. The van der Waals surface area contributed by atoms with E-state index in [1.807, 2.05) is 48.7 Å². The Labute approximate surface area is 180 Å². The van der Waals surface area contributed by atoms with Gasteiger partial charge in [0, 0.05) is 4.88 Å². The first kappa shape index (κ1) is 21.3. The van der Waals surface area contributed by atoms with Gasteiger partial charge in [-0.15, -0.1) is 11.3 Å². The fourth-order valence-electron chi connectivity index (χ4n) is 2.85. The highest BCUT2D eigenvalue weighted by Gasteiger charge is 2.23. The van der Waals surface area contributed by atoms with Crippen molar-refractivity contribution in [2.45, 2.75) is 20.0 Å². The van der Waals surface area contributed by atoms with Gasteiger partial charge in [-0.2, -0.15) is 0 Å². The topological polar surface area (TPSA) is 64.6 Å². The second kappa shape index (κ2) is 9.89. The van der Waals surface area contributed by atoms with Crippen LogP contribution in [-0.4, -0.2) is 25.1 Å². The van der Waals surface area contributed by atoms with Crippen molar-refractivity contribution in [3.05, 3.63) is 82.0 Å². The molecule has 1 aromatic heterocycles. The summed E-state index contributed by atoms with van der Waals surface area (Å²) in [5.41, 5.74) is 2.91. The highest BCUT2D eigenvalue weighted by molar-refractivity contribution is 7.11. The molecule has 0 aliphatic heterocycles. The van der Waals surface area contributed by atoms with Crippen LogP contribution in [0, 0.1) is 6.92 Å². The molecule has 6 heteroatoms. The Morgan fingerprint density at radius 3 is 2.57 bits per heavy atom. The van der Waals surface area contributed by atoms with Crippen LogP contribution < -0.4 is 10.1 Å². The quantitative estimate of drug-likeness (QED) is 0.422. The second-order valence-electron chi connectivity index (χ2n) is 6.69. The van der Waals surface area contributed by atoms with E-state index in [0.717, 1.165) is 16.0 Å². The van der Waals surface area contributed by atoms with E-state index in [4.69, 9.17) is 9.47 Å². The van der Waals surface area contributed by atoms with E-state index >= 15 is 0 Å². The number of esters is 1. The number of aryl methyl sites for hydroxylation is 1. The molecule has 1 amide bonds. The highest BCUT2D eigenvalue weighted by atomic mass is 32.1. The monoisotopic (exact) mass is 421 g/mol. The molecule has 3 rings (SSSR count). The Bertz CT molecular complexity index is 1060. The van der Waals surface area contributed by atoms with E-state index < -0.39 is 18.0 Å². The molecule has 0 aliphatic carbocycles. The van der Waals surface area contributed by atoms with Gasteiger partial charge in [-0.25, -0.2) is 4.79 Å². The van der Waals surface area contributed by atoms with E-state index in [2.05, 4.69) is 5.32 Å². The van der Waals surface area contributed by atoms with Crippen LogP contribution in [0.3, 0.4) is 0 Å². The van der Waals surface area contributed by atoms with Crippen LogP contribution in [0.2, 0.25) is 0 Å². The lowest BCUT2D eigenvalue weighted by Crippen LogP contribution is -2.30. The summed E-state index contributed by atoms with van der Waals surface area (Å²) in [6.07, 6.45) is 0.801. The van der Waals surface area contributed by atoms with Crippen molar-refractivity contribution in [3.63, 3.8) is 0 Å². The molecule has 154 valence electrons. The summed E-state index contributed by atoms with van der Waals surface area (Å²) in [7, 11) is 1.53. The Morgan fingerprint density at radius 1 is 1.07 bits per heavy atom. The molecule has 3 aromatic rings. The largest absolute Gasteiger partial charge is 0.495 e. The predicted octanol–water partition coefficient (Wildman–Crippen LogP) is 5.18. The molecule has 1 heterocycles. The van der Waals surface area contributed by atoms with Gasteiger partial charge in [0.1, 0.15) is 5.75 Å². The fourth-order valence-corrected chi connectivity index (χ4v) is 3.58. The summed E-state index contributed by atoms with van der Waals surface area (Å²) in [5, 5.41) is 4.63. The van der Waals surface area contributed by atoms with Gasteiger partial charge < -0.3 is 14.8 Å². The summed E-state index contributed by atoms with van der Waals surface area (Å²) in [4.78, 5) is 26.3. The van der Waals surface area contributed by atoms with Crippen molar-refractivity contribution < 1.29 is 19.1 Å². The first-order valence-electron chi connectivity index (χ1n) is 9.45. The molecule has 1 N–H and O–H groups in total. The average molecular weight is 422 g/mol. The molecule has 5 nitrogen and oxygen atoms in total. The van der Waals surface area contributed by atoms with Gasteiger partial charge in [0.25, 0.3) is 5.91 Å². The minimum absolute atomic E-state index is 0.410. The van der Waals surface area contributed by atoms with Gasteiger partial charge in [0.2, 0.25) is 0 Å². The van der Waals surface area contributed by atoms with Gasteiger partial charge in [0.15, 0.2) is 6.10 Å². The summed E-state index contributed by atoms with van der Waals surface area (Å²) in [6, 6.07) is 18.6. The lowest BCUT2D eigenvalue weighted by atomic mass is 10.1. The molecule has 0 saturated heterocycles. The minimum atomic E-state index is -0.983. The Morgan fingerprint density at radius 2 is 1.87 bits per heavy atom. The third kappa shape index (κ3) is 5.36. The summed E-state index contributed by atoms with van der Waals surface area (Å²) in [6.45, 7) is 3.53. The molecular formula is C24H23NO4S. The van der Waals surface area contributed by atoms with Crippen LogP contribution >= 0.6 is 11.3 Å². The Hall–Kier alpha value is -3.38. The number of rotatable bonds is 7. The third-order valence-corrected chi connectivity index (χ3v) is 5.28. The van der Waals surface area contributed by atoms with Crippen LogP contribution in [0.4, 0.5) is 5.69 Å². The molecule has 30 heavy (non-hydrogen) atoms. The van der Waals surface area contributed by atoms with Crippen molar-refractivity contribution in [2.75, 3.05) is 12.4 Å². The van der Waals surface area contributed by atoms with Crippen molar-refractivity contribution in [3.8, 4) is 5.75 Å². The van der Waals surface area contributed by atoms with Crippen molar-refractivity contribution in [2.24, 2.45) is 0 Å². The van der Waals surface area contributed by atoms with Crippen LogP contribution in [0.1, 0.15) is 22.9 Å². The predicted molar refractivity (Wildman–Crippen MR) is 121 cm³/mol. The third-order valence-electron chi connectivity index (χ3n) is 4.38. The standard InChI is InChI=1S/C24H23NO4S/c1-16-8-6-9-18(14-16)15-19(22-12-7-13-30-22)24(27)29-17(2)23(26)25-20-10-4-5-11-21(20)28-3/h4-15,17H,1-3H3,(H,25,26)/b19-15+/t17-/m0/s1. The molecule has 1 atom stereocenters. The zero-order valence-corrected chi connectivity index (χ0v) is 17.9. The van der Waals surface area contributed by atoms with E-state index in [1.165, 1.54) is 18.4 Å². The molecule has 0 aliphatic rings. The van der Waals surface area contributed by atoms with Gasteiger partial charge in [-0.05, 0) is 49.1 Å². The van der Waals surface area contributed by atoms with Gasteiger partial charge in [-0.1, -0.05) is 48.0 Å². The number of nitrogens with one attached hydrogen (secondary N) is 1. The van der Waals surface area contributed by atoms with Crippen molar-refractivity contribution in [1.29, 1.82) is 0 Å². The second-order valence-corrected chi connectivity index (χ2v) is 7.63. The molecule has 0 bridgehead atoms. The first-order valence-corrected chi connectivity index (χ1v) is 10.3. The average Bonchev–Trinajstić information content (AvgIpc) is 3.26. The number of carbonyl (C=O) groups is 2. The SMILES string of the molecule is COc1ccccc1NC(=O)[C@H](C)OC(=O)/C(=C/c1cccc(C)c1)c1cccs1. The Kier molecular flexibility index (Phi) is 7.03. The van der Waals surface area contributed by atoms with Crippen LogP contribution in [0.25, 0.3) is 11.6 Å². The van der Waals surface area contributed by atoms with E-state index in [0.29, 0.717) is 17.0 Å². The number of anilines is 1. The number of hydrogen-bond donors (Lipinski definition) is 1. The molecule has 0 saturated carbocycles. The first-order chi connectivity index (χ1) is 14.5. The molecule has 0 fully saturated rings. The molecule has 0 spiro atoms. The van der Waals surface area contributed by atoms with Crippen molar-refractivity contribution >= 4 is 40.5 Å². The van der Waals surface area contributed by atoms with E-state index in [1.54, 1.807) is 37.3 Å².